The number of carbonyl (C=O) groups excluding carboxylic acids is 2. The Balaban J connectivity index is 2.23. The van der Waals surface area contributed by atoms with Crippen LogP contribution in [-0.2, 0) is 14.3 Å². The van der Waals surface area contributed by atoms with Crippen LogP contribution < -0.4 is 0 Å². The van der Waals surface area contributed by atoms with Gasteiger partial charge in [0.1, 0.15) is 0 Å². The molecule has 154 valence electrons. The van der Waals surface area contributed by atoms with Crippen molar-refractivity contribution in [1.82, 2.24) is 0 Å². The maximum absolute atomic E-state index is 12.8. The van der Waals surface area contributed by atoms with Gasteiger partial charge in [0.05, 0.1) is 12.5 Å². The number of hydrogen-bond donors (Lipinski definition) is 0. The zero-order valence-electron chi connectivity index (χ0n) is 17.6. The third kappa shape index (κ3) is 7.69. The van der Waals surface area contributed by atoms with Crippen LogP contribution in [0.15, 0.2) is 66.7 Å². The molecule has 29 heavy (non-hydrogen) atoms. The number of hydrogen-bond acceptors (Lipinski definition) is 3. The summed E-state index contributed by atoms with van der Waals surface area (Å²) in [5.74, 6) is -0.653. The molecule has 0 N–H and O–H groups in total. The first-order valence-corrected chi connectivity index (χ1v) is 10.6. The van der Waals surface area contributed by atoms with Gasteiger partial charge in [0.15, 0.2) is 5.78 Å². The molecule has 2 aromatic rings. The monoisotopic (exact) mass is 392 g/mol. The minimum absolute atomic E-state index is 0.0208. The molecule has 0 fully saturated rings. The molecule has 0 heterocycles. The number of unbranched alkanes of at least 4 members (excludes halogenated alkanes) is 1. The highest BCUT2D eigenvalue weighted by atomic mass is 16.5. The van der Waals surface area contributed by atoms with E-state index in [-0.39, 0.29) is 23.6 Å². The minimum atomic E-state index is -0.307. The van der Waals surface area contributed by atoms with Gasteiger partial charge in [-0.1, -0.05) is 93.4 Å². The Labute approximate surface area is 174 Å². The van der Waals surface area contributed by atoms with Crippen molar-refractivity contribution in [2.24, 2.45) is 5.92 Å². The predicted octanol–water partition coefficient (Wildman–Crippen LogP) is 6.20. The first-order chi connectivity index (χ1) is 14.2. The van der Waals surface area contributed by atoms with Crippen LogP contribution in [0.1, 0.15) is 63.0 Å². The number of benzene rings is 2. The first-order valence-electron chi connectivity index (χ1n) is 10.6. The minimum Gasteiger partial charge on any atom is -0.465 e. The van der Waals surface area contributed by atoms with Gasteiger partial charge in [-0.25, -0.2) is 0 Å². The standard InChI is InChI=1S/C26H32O3/c1-3-5-16-24(26(28)29-19-4-2)25(22-14-10-7-11-15-22)20-23(27)18-17-21-12-8-6-9-13-21/h6-15,17-18,24-25H,3-5,16,19-20H2,1-2H3/b18-17+/t24?,25-/m1/s1. The van der Waals surface area contributed by atoms with Crippen LogP contribution in [0.25, 0.3) is 6.08 Å². The molecule has 0 aliphatic heterocycles. The fraction of sp³-hybridized carbons (Fsp3) is 0.385. The number of esters is 1. The zero-order valence-corrected chi connectivity index (χ0v) is 17.6. The maximum Gasteiger partial charge on any atom is 0.309 e. The van der Waals surface area contributed by atoms with Gasteiger partial charge < -0.3 is 4.74 Å². The summed E-state index contributed by atoms with van der Waals surface area (Å²) in [5, 5.41) is 0. The molecule has 2 atom stereocenters. The molecule has 0 saturated heterocycles. The lowest BCUT2D eigenvalue weighted by atomic mass is 9.79. The van der Waals surface area contributed by atoms with Gasteiger partial charge in [-0.05, 0) is 30.0 Å². The Bertz CT molecular complexity index is 765. The molecule has 0 radical (unpaired) electrons. The van der Waals surface area contributed by atoms with Gasteiger partial charge in [0.25, 0.3) is 0 Å². The second-order valence-electron chi connectivity index (χ2n) is 7.35. The van der Waals surface area contributed by atoms with Gasteiger partial charge >= 0.3 is 5.97 Å². The predicted molar refractivity (Wildman–Crippen MR) is 119 cm³/mol. The summed E-state index contributed by atoms with van der Waals surface area (Å²) < 4.78 is 5.50. The van der Waals surface area contributed by atoms with Crippen LogP contribution >= 0.6 is 0 Å². The molecule has 3 heteroatoms. The molecule has 1 unspecified atom stereocenters. The van der Waals surface area contributed by atoms with Gasteiger partial charge in [-0.15, -0.1) is 0 Å². The van der Waals surface area contributed by atoms with Crippen LogP contribution in [0.2, 0.25) is 0 Å². The molecule has 0 aliphatic rings. The molecule has 2 rings (SSSR count). The summed E-state index contributed by atoms with van der Waals surface area (Å²) in [6.45, 7) is 4.52. The lowest BCUT2D eigenvalue weighted by Crippen LogP contribution is -2.26. The molecule has 3 nitrogen and oxygen atoms in total. The van der Waals surface area contributed by atoms with Crippen molar-refractivity contribution >= 4 is 17.8 Å². The van der Waals surface area contributed by atoms with Crippen molar-refractivity contribution in [3.8, 4) is 0 Å². The Morgan fingerprint density at radius 1 is 0.931 bits per heavy atom. The molecule has 2 aromatic carbocycles. The maximum atomic E-state index is 12.8. The number of carbonyl (C=O) groups is 2. The fourth-order valence-corrected chi connectivity index (χ4v) is 3.45. The van der Waals surface area contributed by atoms with Crippen molar-refractivity contribution in [3.63, 3.8) is 0 Å². The van der Waals surface area contributed by atoms with E-state index in [0.29, 0.717) is 13.0 Å². The summed E-state index contributed by atoms with van der Waals surface area (Å²) in [7, 11) is 0. The smallest absolute Gasteiger partial charge is 0.309 e. The fourth-order valence-electron chi connectivity index (χ4n) is 3.45. The molecule has 0 spiro atoms. The van der Waals surface area contributed by atoms with Gasteiger partial charge in [-0.3, -0.25) is 9.59 Å². The number of rotatable bonds is 12. The molecule has 0 amide bonds. The number of ether oxygens (including phenoxy) is 1. The molecular formula is C26H32O3. The van der Waals surface area contributed by atoms with Crippen LogP contribution in [0, 0.1) is 5.92 Å². The van der Waals surface area contributed by atoms with E-state index in [9.17, 15) is 9.59 Å². The molecule has 0 aliphatic carbocycles. The highest BCUT2D eigenvalue weighted by molar-refractivity contribution is 5.94. The van der Waals surface area contributed by atoms with Crippen LogP contribution in [0.5, 0.6) is 0 Å². The summed E-state index contributed by atoms with van der Waals surface area (Å²) in [6.07, 6.45) is 7.21. The molecule has 0 saturated carbocycles. The number of allylic oxidation sites excluding steroid dienone is 1. The van der Waals surface area contributed by atoms with Crippen molar-refractivity contribution < 1.29 is 14.3 Å². The number of ketones is 1. The largest absolute Gasteiger partial charge is 0.465 e. The summed E-state index contributed by atoms with van der Waals surface area (Å²) >= 11 is 0. The van der Waals surface area contributed by atoms with E-state index in [1.807, 2.05) is 73.7 Å². The third-order valence-electron chi connectivity index (χ3n) is 5.02. The normalized spacial score (nSPS) is 13.2. The highest BCUT2D eigenvalue weighted by Gasteiger charge is 2.31. The summed E-state index contributed by atoms with van der Waals surface area (Å²) in [6, 6.07) is 19.6. The van der Waals surface area contributed by atoms with E-state index < -0.39 is 0 Å². The Morgan fingerprint density at radius 3 is 2.21 bits per heavy atom. The van der Waals surface area contributed by atoms with Crippen molar-refractivity contribution in [1.29, 1.82) is 0 Å². The van der Waals surface area contributed by atoms with Crippen LogP contribution in [0.3, 0.4) is 0 Å². The third-order valence-corrected chi connectivity index (χ3v) is 5.02. The van der Waals surface area contributed by atoms with E-state index in [0.717, 1.165) is 36.8 Å². The van der Waals surface area contributed by atoms with Crippen LogP contribution in [0.4, 0.5) is 0 Å². The summed E-state index contributed by atoms with van der Waals surface area (Å²) in [5.41, 5.74) is 2.01. The van der Waals surface area contributed by atoms with Gasteiger partial charge in [-0.2, -0.15) is 0 Å². The summed E-state index contributed by atoms with van der Waals surface area (Å²) in [4.78, 5) is 25.6. The Hall–Kier alpha value is -2.68. The lowest BCUT2D eigenvalue weighted by Gasteiger charge is -2.25. The van der Waals surface area contributed by atoms with E-state index >= 15 is 0 Å². The molecule has 0 aromatic heterocycles. The van der Waals surface area contributed by atoms with E-state index in [1.165, 1.54) is 0 Å². The average Bonchev–Trinajstić information content (AvgIpc) is 2.77. The zero-order chi connectivity index (χ0) is 20.9. The van der Waals surface area contributed by atoms with E-state index in [2.05, 4.69) is 6.92 Å². The molecular weight excluding hydrogens is 360 g/mol. The topological polar surface area (TPSA) is 43.4 Å². The second-order valence-corrected chi connectivity index (χ2v) is 7.35. The van der Waals surface area contributed by atoms with Crippen molar-refractivity contribution in [2.75, 3.05) is 6.61 Å². The average molecular weight is 393 g/mol. The van der Waals surface area contributed by atoms with Crippen LogP contribution in [-0.4, -0.2) is 18.4 Å². The SMILES string of the molecule is CCCCC(C(=O)OCCC)[C@H](CC(=O)/C=C/c1ccccc1)c1ccccc1. The van der Waals surface area contributed by atoms with Crippen molar-refractivity contribution in [3.05, 3.63) is 77.9 Å². The molecule has 0 bridgehead atoms. The highest BCUT2D eigenvalue weighted by Crippen LogP contribution is 2.33. The van der Waals surface area contributed by atoms with Gasteiger partial charge in [0, 0.05) is 12.3 Å². The first kappa shape index (κ1) is 22.6. The quantitative estimate of drug-likeness (QED) is 0.319. The van der Waals surface area contributed by atoms with E-state index in [1.54, 1.807) is 6.08 Å². The second kappa shape index (κ2) is 12.7. The Kier molecular flexibility index (Phi) is 9.91. The lowest BCUT2D eigenvalue weighted by molar-refractivity contribution is -0.149. The van der Waals surface area contributed by atoms with Gasteiger partial charge in [0.2, 0.25) is 0 Å². The van der Waals surface area contributed by atoms with E-state index in [4.69, 9.17) is 4.74 Å². The van der Waals surface area contributed by atoms with Crippen molar-refractivity contribution in [2.45, 2.75) is 51.9 Å². The Morgan fingerprint density at radius 2 is 1.59 bits per heavy atom.